The Morgan fingerprint density at radius 1 is 1.03 bits per heavy atom. The van der Waals surface area contributed by atoms with Gasteiger partial charge in [0.15, 0.2) is 0 Å². The third-order valence-electron chi connectivity index (χ3n) is 7.16. The first-order valence-electron chi connectivity index (χ1n) is 13.4. The number of carbonyl (C=O) groups excluding carboxylic acids is 2. The van der Waals surface area contributed by atoms with Crippen molar-refractivity contribution in [2.75, 3.05) is 18.9 Å². The maximum absolute atomic E-state index is 13.5. The normalized spacial score (nSPS) is 13.4. The van der Waals surface area contributed by atoms with Crippen molar-refractivity contribution in [3.05, 3.63) is 77.9 Å². The molecule has 2 aromatic heterocycles. The van der Waals surface area contributed by atoms with Crippen LogP contribution < -0.4 is 16.0 Å². The number of aromatic amines is 1. The lowest BCUT2D eigenvalue weighted by Gasteiger charge is -2.21. The minimum Gasteiger partial charge on any atom is -0.370 e. The number of hydrogen-bond acceptors (Lipinski definition) is 5. The summed E-state index contributed by atoms with van der Waals surface area (Å²) >= 11 is 0. The summed E-state index contributed by atoms with van der Waals surface area (Å²) in [6, 6.07) is 16.1. The van der Waals surface area contributed by atoms with Crippen molar-refractivity contribution < 1.29 is 9.59 Å². The van der Waals surface area contributed by atoms with E-state index in [9.17, 15) is 9.59 Å². The number of unbranched alkanes of at least 4 members (excludes halogenated alkanes) is 2. The standard InChI is InChI=1S/C30H34N6O2/c1-31-27(37)12-4-2-3-11-25(36-30(38)24-15-17-33-28-23(24)10-7-16-32-28)29-34-19-26(35-29)22-14-13-20-8-5-6-9-21(20)18-22/h5-6,8-9,13-15,17-19,25H,2-4,7,10-12,16H2,1H3,(H,31,37)(H,32,33)(H,34,35)(H,36,38)/t25-/m0/s1. The van der Waals surface area contributed by atoms with E-state index in [1.54, 1.807) is 19.3 Å². The Bertz CT molecular complexity index is 1430. The average molecular weight is 511 g/mol. The number of nitrogens with zero attached hydrogens (tertiary/aromatic N) is 2. The second-order valence-corrected chi connectivity index (χ2v) is 9.76. The van der Waals surface area contributed by atoms with Crippen molar-refractivity contribution in [2.24, 2.45) is 0 Å². The first kappa shape index (κ1) is 25.4. The Labute approximate surface area is 222 Å². The molecule has 3 heterocycles. The Kier molecular flexibility index (Phi) is 7.97. The predicted octanol–water partition coefficient (Wildman–Crippen LogP) is 5.15. The lowest BCUT2D eigenvalue weighted by molar-refractivity contribution is -0.120. The van der Waals surface area contributed by atoms with Gasteiger partial charge in [-0.3, -0.25) is 9.59 Å². The first-order valence-corrected chi connectivity index (χ1v) is 13.4. The molecule has 0 aliphatic carbocycles. The number of H-pyrrole nitrogens is 1. The second-order valence-electron chi connectivity index (χ2n) is 9.76. The number of benzene rings is 2. The molecule has 0 spiro atoms. The number of imidazole rings is 1. The Morgan fingerprint density at radius 2 is 1.89 bits per heavy atom. The maximum atomic E-state index is 13.5. The number of anilines is 1. The van der Waals surface area contributed by atoms with Gasteiger partial charge < -0.3 is 20.9 Å². The number of fused-ring (bicyclic) bond motifs is 2. The Morgan fingerprint density at radius 3 is 2.76 bits per heavy atom. The van der Waals surface area contributed by atoms with Crippen LogP contribution in [0.15, 0.2) is 60.9 Å². The van der Waals surface area contributed by atoms with Crippen molar-refractivity contribution in [3.8, 4) is 11.3 Å². The van der Waals surface area contributed by atoms with Crippen LogP contribution in [0.4, 0.5) is 5.82 Å². The van der Waals surface area contributed by atoms with Gasteiger partial charge in [0, 0.05) is 42.9 Å². The zero-order chi connectivity index (χ0) is 26.3. The molecule has 0 radical (unpaired) electrons. The molecule has 196 valence electrons. The van der Waals surface area contributed by atoms with Gasteiger partial charge >= 0.3 is 0 Å². The molecule has 2 aromatic carbocycles. The molecule has 38 heavy (non-hydrogen) atoms. The molecule has 4 N–H and O–H groups in total. The zero-order valence-corrected chi connectivity index (χ0v) is 21.7. The van der Waals surface area contributed by atoms with E-state index in [0.717, 1.165) is 78.9 Å². The highest BCUT2D eigenvalue weighted by Crippen LogP contribution is 2.27. The molecule has 1 aliphatic rings. The summed E-state index contributed by atoms with van der Waals surface area (Å²) in [7, 11) is 1.66. The van der Waals surface area contributed by atoms with Gasteiger partial charge in [-0.05, 0) is 48.6 Å². The molecular formula is C30H34N6O2. The number of amides is 2. The van der Waals surface area contributed by atoms with Crippen molar-refractivity contribution in [3.63, 3.8) is 0 Å². The van der Waals surface area contributed by atoms with Gasteiger partial charge in [-0.15, -0.1) is 0 Å². The van der Waals surface area contributed by atoms with Gasteiger partial charge in [0.05, 0.1) is 17.9 Å². The summed E-state index contributed by atoms with van der Waals surface area (Å²) in [5.74, 6) is 1.46. The molecule has 0 bridgehead atoms. The Hall–Kier alpha value is -4.20. The highest BCUT2D eigenvalue weighted by Gasteiger charge is 2.23. The lowest BCUT2D eigenvalue weighted by Crippen LogP contribution is -2.31. The molecule has 0 saturated carbocycles. The van der Waals surface area contributed by atoms with E-state index in [-0.39, 0.29) is 17.9 Å². The van der Waals surface area contributed by atoms with Crippen LogP contribution >= 0.6 is 0 Å². The van der Waals surface area contributed by atoms with Crippen molar-refractivity contribution in [1.29, 1.82) is 0 Å². The van der Waals surface area contributed by atoms with Crippen LogP contribution in [0.1, 0.15) is 66.3 Å². The van der Waals surface area contributed by atoms with Crippen LogP contribution in [0, 0.1) is 0 Å². The minimum absolute atomic E-state index is 0.0528. The smallest absolute Gasteiger partial charge is 0.252 e. The van der Waals surface area contributed by atoms with E-state index >= 15 is 0 Å². The van der Waals surface area contributed by atoms with Crippen molar-refractivity contribution >= 4 is 28.4 Å². The molecule has 5 rings (SSSR count). The fraction of sp³-hybridized carbons (Fsp3) is 0.333. The average Bonchev–Trinajstić information content (AvgIpc) is 3.46. The van der Waals surface area contributed by atoms with Crippen molar-refractivity contribution in [2.45, 2.75) is 51.0 Å². The van der Waals surface area contributed by atoms with Crippen LogP contribution in [0.3, 0.4) is 0 Å². The molecule has 0 saturated heterocycles. The number of hydrogen-bond donors (Lipinski definition) is 4. The Balaban J connectivity index is 1.35. The summed E-state index contributed by atoms with van der Waals surface area (Å²) in [4.78, 5) is 37.6. The summed E-state index contributed by atoms with van der Waals surface area (Å²) in [5.41, 5.74) is 3.59. The summed E-state index contributed by atoms with van der Waals surface area (Å²) in [6.07, 6.45) is 9.12. The molecule has 4 aromatic rings. The quantitative estimate of drug-likeness (QED) is 0.221. The second kappa shape index (κ2) is 11.9. The SMILES string of the molecule is CNC(=O)CCCCC[C@H](NC(=O)c1ccnc2c1CCCN2)c1ncc(-c2ccc3ccccc3c2)[nH]1. The molecular weight excluding hydrogens is 476 g/mol. The van der Waals surface area contributed by atoms with E-state index in [2.05, 4.69) is 61.2 Å². The van der Waals surface area contributed by atoms with Gasteiger partial charge in [-0.25, -0.2) is 9.97 Å². The molecule has 1 atom stereocenters. The van der Waals surface area contributed by atoms with Gasteiger partial charge in [0.1, 0.15) is 11.6 Å². The van der Waals surface area contributed by atoms with Gasteiger partial charge in [-0.2, -0.15) is 0 Å². The highest BCUT2D eigenvalue weighted by atomic mass is 16.2. The minimum atomic E-state index is -0.280. The largest absolute Gasteiger partial charge is 0.370 e. The molecule has 8 nitrogen and oxygen atoms in total. The molecule has 2 amide bonds. The van der Waals surface area contributed by atoms with E-state index < -0.39 is 0 Å². The highest BCUT2D eigenvalue weighted by molar-refractivity contribution is 5.97. The molecule has 0 fully saturated rings. The fourth-order valence-corrected chi connectivity index (χ4v) is 5.05. The van der Waals surface area contributed by atoms with E-state index in [1.807, 2.05) is 18.3 Å². The van der Waals surface area contributed by atoms with Gasteiger partial charge in [-0.1, -0.05) is 49.2 Å². The van der Waals surface area contributed by atoms with Crippen LogP contribution in [0.25, 0.3) is 22.0 Å². The van der Waals surface area contributed by atoms with Crippen LogP contribution in [-0.2, 0) is 11.2 Å². The predicted molar refractivity (Wildman–Crippen MR) is 150 cm³/mol. The third kappa shape index (κ3) is 5.85. The lowest BCUT2D eigenvalue weighted by atomic mass is 10.00. The fourth-order valence-electron chi connectivity index (χ4n) is 5.05. The molecule has 8 heteroatoms. The van der Waals surface area contributed by atoms with E-state index in [1.165, 1.54) is 5.39 Å². The van der Waals surface area contributed by atoms with Crippen LogP contribution in [-0.4, -0.2) is 40.4 Å². The number of pyridine rings is 1. The number of aromatic nitrogens is 3. The number of rotatable bonds is 10. The number of carbonyl (C=O) groups is 2. The van der Waals surface area contributed by atoms with Gasteiger partial charge in [0.25, 0.3) is 5.91 Å². The van der Waals surface area contributed by atoms with Crippen molar-refractivity contribution in [1.82, 2.24) is 25.6 Å². The maximum Gasteiger partial charge on any atom is 0.252 e. The van der Waals surface area contributed by atoms with Crippen LogP contribution in [0.2, 0.25) is 0 Å². The third-order valence-corrected chi connectivity index (χ3v) is 7.16. The summed E-state index contributed by atoms with van der Waals surface area (Å²) < 4.78 is 0. The monoisotopic (exact) mass is 510 g/mol. The summed E-state index contributed by atoms with van der Waals surface area (Å²) in [5, 5.41) is 11.6. The van der Waals surface area contributed by atoms with E-state index in [0.29, 0.717) is 12.0 Å². The van der Waals surface area contributed by atoms with E-state index in [4.69, 9.17) is 0 Å². The topological polar surface area (TPSA) is 112 Å². The number of nitrogens with one attached hydrogen (secondary N) is 4. The summed E-state index contributed by atoms with van der Waals surface area (Å²) in [6.45, 7) is 0.869. The molecule has 0 unspecified atom stereocenters. The molecule has 1 aliphatic heterocycles. The zero-order valence-electron chi connectivity index (χ0n) is 21.7. The van der Waals surface area contributed by atoms with Gasteiger partial charge in [0.2, 0.25) is 5.91 Å². The van der Waals surface area contributed by atoms with Crippen LogP contribution in [0.5, 0.6) is 0 Å². The first-order chi connectivity index (χ1) is 18.6.